The van der Waals surface area contributed by atoms with Crippen molar-refractivity contribution in [2.75, 3.05) is 17.7 Å². The highest BCUT2D eigenvalue weighted by Gasteiger charge is 2.23. The van der Waals surface area contributed by atoms with Crippen LogP contribution in [0.4, 0.5) is 10.5 Å². The number of nitrogens with one attached hydrogen (secondary N) is 2. The number of nitrogens with zero attached hydrogens (tertiary/aromatic N) is 3. The fourth-order valence-electron chi connectivity index (χ4n) is 6.53. The third kappa shape index (κ3) is 9.04. The molecule has 1 aromatic heterocycles. The zero-order chi connectivity index (χ0) is 34.1. The molecule has 0 aliphatic heterocycles. The summed E-state index contributed by atoms with van der Waals surface area (Å²) in [5, 5.41) is 3.33. The number of urea groups is 1. The molecule has 1 saturated carbocycles. The van der Waals surface area contributed by atoms with E-state index in [2.05, 4.69) is 34.5 Å². The van der Waals surface area contributed by atoms with Crippen LogP contribution >= 0.6 is 0 Å². The van der Waals surface area contributed by atoms with Crippen molar-refractivity contribution in [3.05, 3.63) is 83.7 Å². The van der Waals surface area contributed by atoms with Crippen molar-refractivity contribution in [1.29, 1.82) is 0 Å². The van der Waals surface area contributed by atoms with E-state index in [-0.39, 0.29) is 12.1 Å². The SMILES string of the molecule is CCCCCN(C(=O)NC1CCCCC1)c1ccc2nc(CCCC)n(Cc3ccc(-c4ccccc4C(=O)NS(C)(=O)=O)cc3)c2c1. The number of sulfonamides is 1. The molecule has 10 heteroatoms. The van der Waals surface area contributed by atoms with Crippen LogP contribution in [0.25, 0.3) is 22.2 Å². The Hall–Kier alpha value is -4.18. The highest BCUT2D eigenvalue weighted by molar-refractivity contribution is 7.89. The second-order valence-corrected chi connectivity index (χ2v) is 14.7. The Bertz CT molecular complexity index is 1810. The van der Waals surface area contributed by atoms with E-state index in [1.165, 1.54) is 19.3 Å². The monoisotopic (exact) mass is 671 g/mol. The molecule has 9 nitrogen and oxygen atoms in total. The van der Waals surface area contributed by atoms with Gasteiger partial charge in [0, 0.05) is 36.8 Å². The fourth-order valence-corrected chi connectivity index (χ4v) is 6.97. The molecule has 3 aromatic carbocycles. The molecule has 5 rings (SSSR count). The molecule has 2 N–H and O–H groups in total. The van der Waals surface area contributed by atoms with Crippen molar-refractivity contribution in [1.82, 2.24) is 19.6 Å². The number of hydrogen-bond acceptors (Lipinski definition) is 5. The highest BCUT2D eigenvalue weighted by Crippen LogP contribution is 2.28. The topological polar surface area (TPSA) is 113 Å². The largest absolute Gasteiger partial charge is 0.335 e. The third-order valence-electron chi connectivity index (χ3n) is 9.10. The van der Waals surface area contributed by atoms with Crippen LogP contribution in [-0.2, 0) is 23.0 Å². The normalized spacial score (nSPS) is 13.8. The van der Waals surface area contributed by atoms with E-state index in [0.717, 1.165) is 91.3 Å². The predicted molar refractivity (Wildman–Crippen MR) is 194 cm³/mol. The first kappa shape index (κ1) is 35.1. The first-order chi connectivity index (χ1) is 23.2. The lowest BCUT2D eigenvalue weighted by molar-refractivity contribution is 0.0982. The van der Waals surface area contributed by atoms with Crippen LogP contribution in [-0.4, -0.2) is 48.7 Å². The first-order valence-electron chi connectivity index (χ1n) is 17.4. The number of carbonyl (C=O) groups excluding carboxylic acids is 2. The zero-order valence-electron chi connectivity index (χ0n) is 28.5. The molecule has 3 amide bonds. The summed E-state index contributed by atoms with van der Waals surface area (Å²) in [6.07, 6.45) is 12.7. The molecule has 4 aromatic rings. The fraction of sp³-hybridized carbons (Fsp3) is 0.447. The molecular weight excluding hydrogens is 623 g/mol. The Morgan fingerprint density at radius 2 is 1.65 bits per heavy atom. The molecule has 0 saturated heterocycles. The molecule has 256 valence electrons. The zero-order valence-corrected chi connectivity index (χ0v) is 29.3. The van der Waals surface area contributed by atoms with Gasteiger partial charge in [0.15, 0.2) is 0 Å². The van der Waals surface area contributed by atoms with Crippen LogP contribution in [0.2, 0.25) is 0 Å². The van der Waals surface area contributed by atoms with E-state index in [4.69, 9.17) is 4.98 Å². The molecule has 1 fully saturated rings. The number of aromatic nitrogens is 2. The lowest BCUT2D eigenvalue weighted by atomic mass is 9.96. The minimum absolute atomic E-state index is 0.0179. The van der Waals surface area contributed by atoms with Crippen LogP contribution in [0.5, 0.6) is 0 Å². The third-order valence-corrected chi connectivity index (χ3v) is 9.65. The summed E-state index contributed by atoms with van der Waals surface area (Å²) in [6.45, 7) is 5.62. The van der Waals surface area contributed by atoms with E-state index >= 15 is 0 Å². The highest BCUT2D eigenvalue weighted by atomic mass is 32.2. The predicted octanol–water partition coefficient (Wildman–Crippen LogP) is 7.82. The Kier molecular flexibility index (Phi) is 11.9. The van der Waals surface area contributed by atoms with Gasteiger partial charge in [0.25, 0.3) is 5.91 Å². The van der Waals surface area contributed by atoms with E-state index in [9.17, 15) is 18.0 Å². The summed E-state index contributed by atoms with van der Waals surface area (Å²) in [5.41, 5.74) is 5.62. The van der Waals surface area contributed by atoms with Gasteiger partial charge in [0.05, 0.1) is 17.3 Å². The van der Waals surface area contributed by atoms with E-state index < -0.39 is 15.9 Å². The summed E-state index contributed by atoms with van der Waals surface area (Å²) < 4.78 is 27.8. The van der Waals surface area contributed by atoms with Gasteiger partial charge in [-0.15, -0.1) is 0 Å². The lowest BCUT2D eigenvalue weighted by Crippen LogP contribution is -2.46. The van der Waals surface area contributed by atoms with Crippen LogP contribution < -0.4 is 14.9 Å². The first-order valence-corrected chi connectivity index (χ1v) is 19.3. The number of carbonyl (C=O) groups is 2. The van der Waals surface area contributed by atoms with Crippen molar-refractivity contribution < 1.29 is 18.0 Å². The van der Waals surface area contributed by atoms with Crippen molar-refractivity contribution in [3.8, 4) is 11.1 Å². The van der Waals surface area contributed by atoms with E-state index in [1.807, 2.05) is 53.4 Å². The van der Waals surface area contributed by atoms with Gasteiger partial charge < -0.3 is 9.88 Å². The van der Waals surface area contributed by atoms with Crippen molar-refractivity contribution >= 4 is 38.7 Å². The second-order valence-electron chi connectivity index (χ2n) is 13.0. The maximum atomic E-state index is 13.7. The summed E-state index contributed by atoms with van der Waals surface area (Å²) in [5.74, 6) is 0.356. The van der Waals surface area contributed by atoms with Gasteiger partial charge in [-0.25, -0.2) is 22.9 Å². The van der Waals surface area contributed by atoms with E-state index in [1.54, 1.807) is 12.1 Å². The number of rotatable bonds is 14. The maximum Gasteiger partial charge on any atom is 0.322 e. The molecule has 0 radical (unpaired) electrons. The molecule has 1 aliphatic rings. The number of benzene rings is 3. The molecule has 1 aliphatic carbocycles. The second kappa shape index (κ2) is 16.3. The average molecular weight is 672 g/mol. The number of amides is 3. The number of aryl methyl sites for hydroxylation is 1. The number of unbranched alkanes of at least 4 members (excludes halogenated alkanes) is 3. The molecule has 1 heterocycles. The number of imidazole rings is 1. The number of anilines is 1. The smallest absolute Gasteiger partial charge is 0.322 e. The standard InChI is InChI=1S/C38H49N5O4S/c1-4-6-13-25-42(38(45)39-30-14-9-8-10-15-30)31-23-24-34-35(26-31)43(36(40-34)18-7-5-2)27-28-19-21-29(22-20-28)32-16-11-12-17-33(32)37(44)41-48(3,46)47/h11-12,16-17,19-24,26,30H,4-10,13-15,18,25,27H2,1-3H3,(H,39,45)(H,41,44). The number of fused-ring (bicyclic) bond motifs is 1. The van der Waals surface area contributed by atoms with Gasteiger partial charge >= 0.3 is 6.03 Å². The van der Waals surface area contributed by atoms with Gasteiger partial charge in [0.2, 0.25) is 10.0 Å². The maximum absolute atomic E-state index is 13.7. The lowest BCUT2D eigenvalue weighted by Gasteiger charge is -2.28. The molecular formula is C38H49N5O4S. The molecule has 0 bridgehead atoms. The minimum atomic E-state index is -3.70. The van der Waals surface area contributed by atoms with Gasteiger partial charge in [0.1, 0.15) is 5.82 Å². The van der Waals surface area contributed by atoms with Crippen molar-refractivity contribution in [2.24, 2.45) is 0 Å². The quantitative estimate of drug-likeness (QED) is 0.133. The molecule has 0 unspecified atom stereocenters. The van der Waals surface area contributed by atoms with Crippen molar-refractivity contribution in [2.45, 2.75) is 97.1 Å². The van der Waals surface area contributed by atoms with Gasteiger partial charge in [-0.05, 0) is 66.6 Å². The van der Waals surface area contributed by atoms with Gasteiger partial charge in [-0.2, -0.15) is 0 Å². The van der Waals surface area contributed by atoms with Crippen LogP contribution in [0.1, 0.15) is 99.8 Å². The van der Waals surface area contributed by atoms with Crippen molar-refractivity contribution in [3.63, 3.8) is 0 Å². The Morgan fingerprint density at radius 3 is 2.35 bits per heavy atom. The van der Waals surface area contributed by atoms with Gasteiger partial charge in [-0.3, -0.25) is 9.69 Å². The summed E-state index contributed by atoms with van der Waals surface area (Å²) in [4.78, 5) is 33.4. The van der Waals surface area contributed by atoms with Crippen LogP contribution in [0, 0.1) is 0 Å². The van der Waals surface area contributed by atoms with Crippen LogP contribution in [0.15, 0.2) is 66.7 Å². The number of hydrogen-bond donors (Lipinski definition) is 2. The van der Waals surface area contributed by atoms with Gasteiger partial charge in [-0.1, -0.05) is 94.8 Å². The Labute approximate surface area is 285 Å². The molecule has 0 atom stereocenters. The molecule has 48 heavy (non-hydrogen) atoms. The summed E-state index contributed by atoms with van der Waals surface area (Å²) >= 11 is 0. The Balaban J connectivity index is 1.45. The van der Waals surface area contributed by atoms with Crippen LogP contribution in [0.3, 0.4) is 0 Å². The van der Waals surface area contributed by atoms with E-state index in [0.29, 0.717) is 24.2 Å². The molecule has 0 spiro atoms. The summed E-state index contributed by atoms with van der Waals surface area (Å²) in [6, 6.07) is 21.4. The Morgan fingerprint density at radius 1 is 0.917 bits per heavy atom. The minimum Gasteiger partial charge on any atom is -0.335 e. The summed E-state index contributed by atoms with van der Waals surface area (Å²) in [7, 11) is -3.70. The average Bonchev–Trinajstić information content (AvgIpc) is 3.41.